The van der Waals surface area contributed by atoms with Crippen LogP contribution in [0.1, 0.15) is 0 Å². The molecule has 1 aromatic carbocycles. The molecule has 76 valence electrons. The van der Waals surface area contributed by atoms with E-state index < -0.39 is 0 Å². The Morgan fingerprint density at radius 2 is 1.57 bits per heavy atom. The van der Waals surface area contributed by atoms with Crippen LogP contribution >= 0.6 is 9.24 Å². The van der Waals surface area contributed by atoms with Crippen LogP contribution in [0.2, 0.25) is 0 Å². The number of piperazine rings is 1. The zero-order valence-corrected chi connectivity index (χ0v) is 9.76. The molecule has 0 spiro atoms. The van der Waals surface area contributed by atoms with Crippen molar-refractivity contribution in [2.24, 2.45) is 0 Å². The summed E-state index contributed by atoms with van der Waals surface area (Å²) in [6.45, 7) is 4.63. The van der Waals surface area contributed by atoms with Crippen LogP contribution in [0.4, 0.5) is 5.69 Å². The van der Waals surface area contributed by atoms with Gasteiger partial charge in [-0.25, -0.2) is 0 Å². The summed E-state index contributed by atoms with van der Waals surface area (Å²) in [5.41, 5.74) is 1.35. The molecule has 1 saturated heterocycles. The Morgan fingerprint density at radius 3 is 2.14 bits per heavy atom. The van der Waals surface area contributed by atoms with E-state index in [9.17, 15) is 0 Å². The van der Waals surface area contributed by atoms with Crippen LogP contribution in [0.5, 0.6) is 0 Å². The monoisotopic (exact) mass is 208 g/mol. The maximum atomic E-state index is 2.72. The summed E-state index contributed by atoms with van der Waals surface area (Å²) >= 11 is 0. The highest BCUT2D eigenvalue weighted by Crippen LogP contribution is 2.14. The van der Waals surface area contributed by atoms with E-state index in [4.69, 9.17) is 0 Å². The van der Waals surface area contributed by atoms with Crippen molar-refractivity contribution in [3.05, 3.63) is 24.3 Å². The van der Waals surface area contributed by atoms with E-state index in [-0.39, 0.29) is 0 Å². The van der Waals surface area contributed by atoms with Crippen LogP contribution in [0, 0.1) is 0 Å². The topological polar surface area (TPSA) is 6.48 Å². The van der Waals surface area contributed by atoms with Crippen molar-refractivity contribution in [3.8, 4) is 0 Å². The molecule has 0 N–H and O–H groups in total. The zero-order valence-electron chi connectivity index (χ0n) is 8.61. The number of benzene rings is 1. The van der Waals surface area contributed by atoms with Gasteiger partial charge in [0.25, 0.3) is 0 Å². The van der Waals surface area contributed by atoms with Gasteiger partial charge in [-0.05, 0) is 24.5 Å². The number of anilines is 1. The van der Waals surface area contributed by atoms with E-state index in [0.29, 0.717) is 0 Å². The number of hydrogen-bond acceptors (Lipinski definition) is 2. The molecule has 1 aliphatic rings. The maximum Gasteiger partial charge on any atom is 0.0367 e. The molecule has 1 aliphatic heterocycles. The average molecular weight is 208 g/mol. The van der Waals surface area contributed by atoms with Gasteiger partial charge in [0.15, 0.2) is 0 Å². The number of nitrogens with zero attached hydrogens (tertiary/aromatic N) is 2. The molecule has 2 rings (SSSR count). The molecule has 1 fully saturated rings. The molecule has 1 atom stereocenters. The number of likely N-dealkylation sites (N-methyl/N-ethyl adjacent to an activating group) is 1. The van der Waals surface area contributed by atoms with Crippen LogP contribution in [0.3, 0.4) is 0 Å². The molecular formula is C11H17N2P. The summed E-state index contributed by atoms with van der Waals surface area (Å²) in [5.74, 6) is 0. The second-order valence-corrected chi connectivity index (χ2v) is 4.55. The first kappa shape index (κ1) is 9.95. The highest BCUT2D eigenvalue weighted by molar-refractivity contribution is 7.27. The van der Waals surface area contributed by atoms with Crippen LogP contribution in [-0.4, -0.2) is 38.1 Å². The minimum Gasteiger partial charge on any atom is -0.369 e. The van der Waals surface area contributed by atoms with E-state index in [1.807, 2.05) is 0 Å². The SMILES string of the molecule is CN1CCN(c2ccc(P)cc2)CC1. The second kappa shape index (κ2) is 4.29. The first-order chi connectivity index (χ1) is 6.75. The Kier molecular flexibility index (Phi) is 3.05. The minimum atomic E-state index is 1.15. The van der Waals surface area contributed by atoms with Crippen molar-refractivity contribution in [2.45, 2.75) is 0 Å². The second-order valence-electron chi connectivity index (χ2n) is 3.88. The van der Waals surface area contributed by atoms with Crippen LogP contribution in [-0.2, 0) is 0 Å². The lowest BCUT2D eigenvalue weighted by atomic mass is 10.2. The fraction of sp³-hybridized carbons (Fsp3) is 0.455. The standard InChI is InChI=1S/C11H17N2P/c1-12-6-8-13(9-7-12)10-2-4-11(14)5-3-10/h2-5H,6-9,14H2,1H3. The molecule has 0 saturated carbocycles. The van der Waals surface area contributed by atoms with Gasteiger partial charge in [0.1, 0.15) is 0 Å². The first-order valence-corrected chi connectivity index (χ1v) is 5.62. The lowest BCUT2D eigenvalue weighted by molar-refractivity contribution is 0.313. The average Bonchev–Trinajstić information content (AvgIpc) is 2.21. The van der Waals surface area contributed by atoms with Crippen LogP contribution in [0.25, 0.3) is 0 Å². The molecule has 0 bridgehead atoms. The van der Waals surface area contributed by atoms with Gasteiger partial charge in [-0.15, -0.1) is 9.24 Å². The van der Waals surface area contributed by atoms with Crippen molar-refractivity contribution < 1.29 is 0 Å². The molecule has 14 heavy (non-hydrogen) atoms. The summed E-state index contributed by atoms with van der Waals surface area (Å²) in [6.07, 6.45) is 0. The normalized spacial score (nSPS) is 18.6. The first-order valence-electron chi connectivity index (χ1n) is 5.05. The quantitative estimate of drug-likeness (QED) is 0.634. The van der Waals surface area contributed by atoms with Crippen molar-refractivity contribution in [3.63, 3.8) is 0 Å². The fourth-order valence-corrected chi connectivity index (χ4v) is 1.94. The Balaban J connectivity index is 2.05. The predicted octanol–water partition coefficient (Wildman–Crippen LogP) is 0.939. The summed E-state index contributed by atoms with van der Waals surface area (Å²) < 4.78 is 0. The molecular weight excluding hydrogens is 191 g/mol. The van der Waals surface area contributed by atoms with E-state index in [1.54, 1.807) is 0 Å². The van der Waals surface area contributed by atoms with Crippen molar-refractivity contribution >= 4 is 20.2 Å². The number of rotatable bonds is 1. The molecule has 1 aromatic rings. The summed E-state index contributed by atoms with van der Waals surface area (Å²) in [4.78, 5) is 4.82. The van der Waals surface area contributed by atoms with Gasteiger partial charge in [-0.2, -0.15) is 0 Å². The lowest BCUT2D eigenvalue weighted by Gasteiger charge is -2.34. The molecule has 3 heteroatoms. The molecule has 0 amide bonds. The zero-order chi connectivity index (χ0) is 9.97. The third-order valence-electron chi connectivity index (χ3n) is 2.76. The highest BCUT2D eigenvalue weighted by Gasteiger charge is 2.13. The van der Waals surface area contributed by atoms with Gasteiger partial charge < -0.3 is 9.80 Å². The van der Waals surface area contributed by atoms with E-state index in [1.165, 1.54) is 24.1 Å². The van der Waals surface area contributed by atoms with E-state index in [0.717, 1.165) is 13.1 Å². The van der Waals surface area contributed by atoms with Gasteiger partial charge in [0.05, 0.1) is 0 Å². The molecule has 0 radical (unpaired) electrons. The van der Waals surface area contributed by atoms with Crippen LogP contribution < -0.4 is 10.2 Å². The molecule has 2 nitrogen and oxygen atoms in total. The van der Waals surface area contributed by atoms with Crippen molar-refractivity contribution in [2.75, 3.05) is 38.1 Å². The summed E-state index contributed by atoms with van der Waals surface area (Å²) in [5, 5.41) is 1.25. The molecule has 0 aromatic heterocycles. The molecule has 1 unspecified atom stereocenters. The van der Waals surface area contributed by atoms with Gasteiger partial charge in [0, 0.05) is 31.9 Å². The van der Waals surface area contributed by atoms with Gasteiger partial charge in [0.2, 0.25) is 0 Å². The fourth-order valence-electron chi connectivity index (χ4n) is 1.75. The predicted molar refractivity (Wildman–Crippen MR) is 65.5 cm³/mol. The van der Waals surface area contributed by atoms with E-state index >= 15 is 0 Å². The minimum absolute atomic E-state index is 1.15. The van der Waals surface area contributed by atoms with Gasteiger partial charge in [-0.3, -0.25) is 0 Å². The third-order valence-corrected chi connectivity index (χ3v) is 3.15. The van der Waals surface area contributed by atoms with Gasteiger partial charge in [-0.1, -0.05) is 12.1 Å². The Hall–Kier alpha value is -0.590. The summed E-state index contributed by atoms with van der Waals surface area (Å²) in [7, 11) is 4.90. The Morgan fingerprint density at radius 1 is 1.00 bits per heavy atom. The Labute approximate surface area is 88.1 Å². The maximum absolute atomic E-state index is 2.72. The lowest BCUT2D eigenvalue weighted by Crippen LogP contribution is -2.44. The largest absolute Gasteiger partial charge is 0.369 e. The highest BCUT2D eigenvalue weighted by atomic mass is 31.0. The van der Waals surface area contributed by atoms with Crippen molar-refractivity contribution in [1.82, 2.24) is 4.90 Å². The molecule has 0 aliphatic carbocycles. The molecule has 1 heterocycles. The third kappa shape index (κ3) is 2.26. The van der Waals surface area contributed by atoms with Gasteiger partial charge >= 0.3 is 0 Å². The van der Waals surface area contributed by atoms with E-state index in [2.05, 4.69) is 50.4 Å². The summed E-state index contributed by atoms with van der Waals surface area (Å²) in [6, 6.07) is 8.71. The number of hydrogen-bond donors (Lipinski definition) is 0. The van der Waals surface area contributed by atoms with Crippen molar-refractivity contribution in [1.29, 1.82) is 0 Å². The Bertz CT molecular complexity index is 289. The smallest absolute Gasteiger partial charge is 0.0367 e. The van der Waals surface area contributed by atoms with Crippen LogP contribution in [0.15, 0.2) is 24.3 Å².